The van der Waals surface area contributed by atoms with Gasteiger partial charge in [0.2, 0.25) is 0 Å². The molecule has 3 rings (SSSR count). The van der Waals surface area contributed by atoms with E-state index < -0.39 is 0 Å². The second kappa shape index (κ2) is 11.2. The molecule has 7 nitrogen and oxygen atoms in total. The maximum atomic E-state index is 12.4. The molecule has 0 radical (unpaired) electrons. The summed E-state index contributed by atoms with van der Waals surface area (Å²) in [5, 5.41) is 7.03. The van der Waals surface area contributed by atoms with Crippen LogP contribution in [0.2, 0.25) is 0 Å². The van der Waals surface area contributed by atoms with Gasteiger partial charge >= 0.3 is 0 Å². The van der Waals surface area contributed by atoms with Crippen LogP contribution >= 0.6 is 15.9 Å². The van der Waals surface area contributed by atoms with Crippen molar-refractivity contribution < 1.29 is 19.0 Å². The smallest absolute Gasteiger partial charge is 0.262 e. The molecule has 0 aliphatic carbocycles. The zero-order valence-corrected chi connectivity index (χ0v) is 19.6. The molecule has 0 saturated heterocycles. The predicted octanol–water partition coefficient (Wildman–Crippen LogP) is 5.24. The van der Waals surface area contributed by atoms with E-state index in [2.05, 4.69) is 31.8 Å². The number of halogens is 1. The van der Waals surface area contributed by atoms with E-state index in [-0.39, 0.29) is 12.5 Å². The monoisotopic (exact) mass is 497 g/mol. The summed E-state index contributed by atoms with van der Waals surface area (Å²) >= 11 is 3.48. The molecular weight excluding hydrogens is 474 g/mol. The summed E-state index contributed by atoms with van der Waals surface area (Å²) in [5.41, 5.74) is 6.41. The topological polar surface area (TPSA) is 81.2 Å². The quantitative estimate of drug-likeness (QED) is 0.312. The van der Waals surface area contributed by atoms with Crippen molar-refractivity contribution in [3.8, 4) is 17.2 Å². The number of carbonyl (C=O) groups is 1. The van der Waals surface area contributed by atoms with Gasteiger partial charge in [0.1, 0.15) is 5.75 Å². The molecule has 0 saturated carbocycles. The number of nitrogens with zero attached hydrogens (tertiary/aromatic N) is 1. The van der Waals surface area contributed by atoms with E-state index in [0.29, 0.717) is 27.4 Å². The van der Waals surface area contributed by atoms with Gasteiger partial charge in [0.25, 0.3) is 5.91 Å². The van der Waals surface area contributed by atoms with Gasteiger partial charge in [-0.1, -0.05) is 29.8 Å². The summed E-state index contributed by atoms with van der Waals surface area (Å²) in [6.07, 6.45) is 1.67. The van der Waals surface area contributed by atoms with Crippen molar-refractivity contribution in [2.24, 2.45) is 5.10 Å². The Kier molecular flexibility index (Phi) is 8.10. The zero-order chi connectivity index (χ0) is 22.9. The fourth-order valence-electron chi connectivity index (χ4n) is 2.84. The number of methoxy groups -OCH3 is 2. The minimum absolute atomic E-state index is 0.199. The van der Waals surface area contributed by atoms with Gasteiger partial charge in [0, 0.05) is 0 Å². The van der Waals surface area contributed by atoms with E-state index in [1.54, 1.807) is 31.5 Å². The van der Waals surface area contributed by atoms with Crippen molar-refractivity contribution in [2.75, 3.05) is 31.6 Å². The molecule has 32 heavy (non-hydrogen) atoms. The molecule has 0 aromatic heterocycles. The second-order valence-electron chi connectivity index (χ2n) is 6.81. The van der Waals surface area contributed by atoms with Crippen LogP contribution in [0.3, 0.4) is 0 Å². The first kappa shape index (κ1) is 23.1. The van der Waals surface area contributed by atoms with Crippen molar-refractivity contribution >= 4 is 39.4 Å². The highest BCUT2D eigenvalue weighted by Crippen LogP contribution is 2.36. The zero-order valence-electron chi connectivity index (χ0n) is 18.0. The summed E-state index contributed by atoms with van der Waals surface area (Å²) in [6, 6.07) is 18.7. The van der Waals surface area contributed by atoms with Gasteiger partial charge in [-0.2, -0.15) is 5.10 Å². The molecule has 0 aliphatic heterocycles. The number of benzene rings is 3. The standard InChI is InChI=1S/C24H24BrN3O4/c1-16-8-10-18(11-9-16)28-26-14-17-12-19(25)24(22(13-17)31-3)32-15-23(29)27-20-6-4-5-7-21(20)30-2/h4-14,28H,15H2,1-3H3,(H,27,29). The Morgan fingerprint density at radius 3 is 2.47 bits per heavy atom. The molecule has 0 heterocycles. The number of hydrogen-bond acceptors (Lipinski definition) is 6. The van der Waals surface area contributed by atoms with Crippen molar-refractivity contribution in [2.45, 2.75) is 6.92 Å². The molecule has 8 heteroatoms. The Morgan fingerprint density at radius 1 is 1.03 bits per heavy atom. The molecule has 0 aliphatic rings. The summed E-state index contributed by atoms with van der Waals surface area (Å²) in [5.74, 6) is 1.14. The minimum Gasteiger partial charge on any atom is -0.495 e. The van der Waals surface area contributed by atoms with Gasteiger partial charge in [0.05, 0.1) is 36.3 Å². The van der Waals surface area contributed by atoms with E-state index in [9.17, 15) is 4.79 Å². The molecule has 166 valence electrons. The lowest BCUT2D eigenvalue weighted by Crippen LogP contribution is -2.20. The molecular formula is C24H24BrN3O4. The maximum Gasteiger partial charge on any atom is 0.262 e. The molecule has 0 spiro atoms. The fourth-order valence-corrected chi connectivity index (χ4v) is 3.41. The van der Waals surface area contributed by atoms with Gasteiger partial charge in [-0.25, -0.2) is 0 Å². The first-order chi connectivity index (χ1) is 15.5. The fraction of sp³-hybridized carbons (Fsp3) is 0.167. The third-order valence-corrected chi connectivity index (χ3v) is 5.03. The summed E-state index contributed by atoms with van der Waals surface area (Å²) in [4.78, 5) is 12.4. The van der Waals surface area contributed by atoms with E-state index in [0.717, 1.165) is 11.3 Å². The van der Waals surface area contributed by atoms with Crippen LogP contribution in [0.4, 0.5) is 11.4 Å². The van der Waals surface area contributed by atoms with Crippen LogP contribution in [0.25, 0.3) is 0 Å². The number of amides is 1. The van der Waals surface area contributed by atoms with Crippen LogP contribution in [0.15, 0.2) is 70.2 Å². The molecule has 0 fully saturated rings. The maximum absolute atomic E-state index is 12.4. The molecule has 2 N–H and O–H groups in total. The van der Waals surface area contributed by atoms with Crippen molar-refractivity contribution in [1.29, 1.82) is 0 Å². The number of rotatable bonds is 9. The summed E-state index contributed by atoms with van der Waals surface area (Å²) < 4.78 is 17.0. The average Bonchev–Trinajstić information content (AvgIpc) is 2.79. The van der Waals surface area contributed by atoms with Crippen molar-refractivity contribution in [1.82, 2.24) is 0 Å². The molecule has 0 atom stereocenters. The lowest BCUT2D eigenvalue weighted by Gasteiger charge is -2.14. The van der Waals surface area contributed by atoms with Gasteiger partial charge in [0.15, 0.2) is 18.1 Å². The number of anilines is 2. The van der Waals surface area contributed by atoms with E-state index in [1.807, 2.05) is 49.4 Å². The van der Waals surface area contributed by atoms with Crippen LogP contribution in [0.1, 0.15) is 11.1 Å². The number of hydrazone groups is 1. The second-order valence-corrected chi connectivity index (χ2v) is 7.66. The Labute approximate surface area is 195 Å². The highest BCUT2D eigenvalue weighted by Gasteiger charge is 2.14. The Balaban J connectivity index is 1.64. The SMILES string of the molecule is COc1ccccc1NC(=O)COc1c(Br)cc(C=NNc2ccc(C)cc2)cc1OC. The highest BCUT2D eigenvalue weighted by molar-refractivity contribution is 9.10. The highest BCUT2D eigenvalue weighted by atomic mass is 79.9. The van der Waals surface area contributed by atoms with Gasteiger partial charge in [-0.15, -0.1) is 0 Å². The van der Waals surface area contributed by atoms with Crippen LogP contribution in [-0.4, -0.2) is 32.9 Å². The normalized spacial score (nSPS) is 10.6. The molecule has 0 bridgehead atoms. The Bertz CT molecular complexity index is 1100. The number of nitrogens with one attached hydrogen (secondary N) is 2. The largest absolute Gasteiger partial charge is 0.495 e. The minimum atomic E-state index is -0.323. The van der Waals surface area contributed by atoms with Crippen LogP contribution < -0.4 is 25.0 Å². The Hall–Kier alpha value is -3.52. The Morgan fingerprint density at radius 2 is 1.75 bits per heavy atom. The van der Waals surface area contributed by atoms with Crippen LogP contribution in [-0.2, 0) is 4.79 Å². The first-order valence-corrected chi connectivity index (χ1v) is 10.6. The summed E-state index contributed by atoms with van der Waals surface area (Å²) in [7, 11) is 3.08. The molecule has 3 aromatic rings. The van der Waals surface area contributed by atoms with Gasteiger partial charge < -0.3 is 19.5 Å². The third-order valence-electron chi connectivity index (χ3n) is 4.44. The number of aryl methyl sites for hydroxylation is 1. The van der Waals surface area contributed by atoms with Crippen molar-refractivity contribution in [3.63, 3.8) is 0 Å². The number of ether oxygens (including phenoxy) is 3. The number of carbonyl (C=O) groups excluding carboxylic acids is 1. The number of hydrogen-bond donors (Lipinski definition) is 2. The third kappa shape index (κ3) is 6.24. The van der Waals surface area contributed by atoms with Gasteiger partial charge in [-0.05, 0) is 64.8 Å². The average molecular weight is 498 g/mol. The first-order valence-electron chi connectivity index (χ1n) is 9.79. The van der Waals surface area contributed by atoms with E-state index in [1.165, 1.54) is 12.7 Å². The lowest BCUT2D eigenvalue weighted by atomic mass is 10.2. The van der Waals surface area contributed by atoms with E-state index in [4.69, 9.17) is 14.2 Å². The molecule has 3 aromatic carbocycles. The predicted molar refractivity (Wildman–Crippen MR) is 130 cm³/mol. The van der Waals surface area contributed by atoms with Crippen molar-refractivity contribution in [3.05, 3.63) is 76.3 Å². The molecule has 1 amide bonds. The van der Waals surface area contributed by atoms with E-state index >= 15 is 0 Å². The molecule has 0 unspecified atom stereocenters. The van der Waals surface area contributed by atoms with Gasteiger partial charge in [-0.3, -0.25) is 10.2 Å². The van der Waals surface area contributed by atoms with Crippen LogP contribution in [0, 0.1) is 6.92 Å². The summed E-state index contributed by atoms with van der Waals surface area (Å²) in [6.45, 7) is 1.83. The van der Waals surface area contributed by atoms with Crippen LogP contribution in [0.5, 0.6) is 17.2 Å². The lowest BCUT2D eigenvalue weighted by molar-refractivity contribution is -0.118. The number of para-hydroxylation sites is 2.